The van der Waals surface area contributed by atoms with Crippen molar-refractivity contribution in [3.63, 3.8) is 0 Å². The average Bonchev–Trinajstić information content (AvgIpc) is 2.34. The Morgan fingerprint density at radius 1 is 1.70 bits per heavy atom. The molecular weight excluding hydrogens is 130 g/mol. The monoisotopic (exact) mass is 143 g/mol. The molecule has 0 aromatic rings. The lowest BCUT2D eigenvalue weighted by molar-refractivity contribution is -0.128. The maximum atomic E-state index is 10.6. The number of hydrogen-bond acceptors (Lipinski definition) is 2. The summed E-state index contributed by atoms with van der Waals surface area (Å²) in [7, 11) is 0. The molecule has 0 bridgehead atoms. The number of primary amides is 1. The van der Waals surface area contributed by atoms with Crippen molar-refractivity contribution in [2.24, 2.45) is 5.73 Å². The molecule has 0 radical (unpaired) electrons. The van der Waals surface area contributed by atoms with Gasteiger partial charge in [0.05, 0.1) is 6.10 Å². The van der Waals surface area contributed by atoms with Crippen molar-refractivity contribution in [1.82, 2.24) is 0 Å². The van der Waals surface area contributed by atoms with Gasteiger partial charge in [-0.15, -0.1) is 0 Å². The van der Waals surface area contributed by atoms with E-state index >= 15 is 0 Å². The molecule has 58 valence electrons. The van der Waals surface area contributed by atoms with Gasteiger partial charge in [0.1, 0.15) is 6.10 Å². The number of ether oxygens (including phenoxy) is 1. The standard InChI is InChI=1S/C7H13NO2/c1-2-5-3-4-6(10-5)7(8)9/h5-6H,2-4H2,1H3,(H2,8,9). The molecule has 1 aliphatic rings. The van der Waals surface area contributed by atoms with Gasteiger partial charge in [-0.3, -0.25) is 4.79 Å². The van der Waals surface area contributed by atoms with E-state index in [1.54, 1.807) is 0 Å². The van der Waals surface area contributed by atoms with E-state index in [1.165, 1.54) is 0 Å². The van der Waals surface area contributed by atoms with Gasteiger partial charge in [-0.05, 0) is 19.3 Å². The second-order valence-electron chi connectivity index (χ2n) is 2.63. The van der Waals surface area contributed by atoms with Crippen LogP contribution in [0, 0.1) is 0 Å². The Morgan fingerprint density at radius 3 is 2.70 bits per heavy atom. The zero-order valence-electron chi connectivity index (χ0n) is 6.17. The lowest BCUT2D eigenvalue weighted by Gasteiger charge is -2.07. The Morgan fingerprint density at radius 2 is 2.40 bits per heavy atom. The second kappa shape index (κ2) is 3.01. The molecule has 2 unspecified atom stereocenters. The summed E-state index contributed by atoms with van der Waals surface area (Å²) >= 11 is 0. The molecule has 3 nitrogen and oxygen atoms in total. The van der Waals surface area contributed by atoms with Crippen LogP contribution in [0.2, 0.25) is 0 Å². The molecule has 1 aliphatic heterocycles. The van der Waals surface area contributed by atoms with E-state index in [0.29, 0.717) is 0 Å². The van der Waals surface area contributed by atoms with E-state index in [9.17, 15) is 4.79 Å². The molecule has 0 saturated carbocycles. The summed E-state index contributed by atoms with van der Waals surface area (Å²) in [6, 6.07) is 0. The fourth-order valence-corrected chi connectivity index (χ4v) is 1.22. The van der Waals surface area contributed by atoms with Crippen LogP contribution in [-0.2, 0) is 9.53 Å². The van der Waals surface area contributed by atoms with Crippen molar-refractivity contribution in [3.8, 4) is 0 Å². The van der Waals surface area contributed by atoms with Gasteiger partial charge >= 0.3 is 0 Å². The number of carbonyl (C=O) groups excluding carboxylic acids is 1. The molecule has 1 rings (SSSR count). The molecule has 0 spiro atoms. The number of amides is 1. The van der Waals surface area contributed by atoms with E-state index in [2.05, 4.69) is 0 Å². The highest BCUT2D eigenvalue weighted by atomic mass is 16.5. The van der Waals surface area contributed by atoms with Gasteiger partial charge in [-0.25, -0.2) is 0 Å². The SMILES string of the molecule is CCC1CCC(C(N)=O)O1. The zero-order chi connectivity index (χ0) is 7.56. The number of nitrogens with two attached hydrogens (primary N) is 1. The Kier molecular flexibility index (Phi) is 2.27. The van der Waals surface area contributed by atoms with Gasteiger partial charge in [-0.2, -0.15) is 0 Å². The molecule has 10 heavy (non-hydrogen) atoms. The van der Waals surface area contributed by atoms with Gasteiger partial charge in [0, 0.05) is 0 Å². The minimum absolute atomic E-state index is 0.262. The minimum Gasteiger partial charge on any atom is -0.367 e. The molecule has 1 heterocycles. The molecule has 0 aromatic heterocycles. The lowest BCUT2D eigenvalue weighted by atomic mass is 10.1. The highest BCUT2D eigenvalue weighted by Crippen LogP contribution is 2.20. The van der Waals surface area contributed by atoms with Gasteiger partial charge in [-0.1, -0.05) is 6.92 Å². The minimum atomic E-state index is -0.323. The van der Waals surface area contributed by atoms with E-state index in [4.69, 9.17) is 10.5 Å². The number of hydrogen-bond donors (Lipinski definition) is 1. The van der Waals surface area contributed by atoms with Gasteiger partial charge < -0.3 is 10.5 Å². The second-order valence-corrected chi connectivity index (χ2v) is 2.63. The lowest BCUT2D eigenvalue weighted by Crippen LogP contribution is -2.28. The molecule has 0 aromatic carbocycles. The third-order valence-corrected chi connectivity index (χ3v) is 1.88. The highest BCUT2D eigenvalue weighted by Gasteiger charge is 2.27. The zero-order valence-corrected chi connectivity index (χ0v) is 6.17. The van der Waals surface area contributed by atoms with E-state index in [0.717, 1.165) is 19.3 Å². The summed E-state index contributed by atoms with van der Waals surface area (Å²) in [5, 5.41) is 0. The summed E-state index contributed by atoms with van der Waals surface area (Å²) in [5.41, 5.74) is 5.05. The van der Waals surface area contributed by atoms with Crippen molar-refractivity contribution < 1.29 is 9.53 Å². The molecule has 1 amide bonds. The molecule has 1 fully saturated rings. The fraction of sp³-hybridized carbons (Fsp3) is 0.857. The first kappa shape index (κ1) is 7.54. The number of carbonyl (C=O) groups is 1. The summed E-state index contributed by atoms with van der Waals surface area (Å²) in [4.78, 5) is 10.6. The van der Waals surface area contributed by atoms with Crippen LogP contribution in [0.25, 0.3) is 0 Å². The van der Waals surface area contributed by atoms with Crippen LogP contribution in [0.15, 0.2) is 0 Å². The Labute approximate surface area is 60.5 Å². The molecule has 3 heteroatoms. The molecule has 0 aliphatic carbocycles. The highest BCUT2D eigenvalue weighted by molar-refractivity contribution is 5.79. The van der Waals surface area contributed by atoms with Crippen LogP contribution >= 0.6 is 0 Å². The first-order chi connectivity index (χ1) is 4.74. The maximum absolute atomic E-state index is 10.6. The van der Waals surface area contributed by atoms with Crippen LogP contribution < -0.4 is 5.73 Å². The smallest absolute Gasteiger partial charge is 0.246 e. The Bertz CT molecular complexity index is 136. The average molecular weight is 143 g/mol. The first-order valence-corrected chi connectivity index (χ1v) is 3.68. The van der Waals surface area contributed by atoms with Crippen molar-refractivity contribution >= 4 is 5.91 Å². The topological polar surface area (TPSA) is 52.3 Å². The van der Waals surface area contributed by atoms with Gasteiger partial charge in [0.25, 0.3) is 0 Å². The summed E-state index contributed by atoms with van der Waals surface area (Å²) in [6.07, 6.45) is 2.70. The van der Waals surface area contributed by atoms with Crippen molar-refractivity contribution in [1.29, 1.82) is 0 Å². The predicted molar refractivity (Wildman–Crippen MR) is 37.4 cm³/mol. The van der Waals surface area contributed by atoms with Crippen LogP contribution in [0.5, 0.6) is 0 Å². The first-order valence-electron chi connectivity index (χ1n) is 3.68. The Balaban J connectivity index is 2.35. The van der Waals surface area contributed by atoms with E-state index < -0.39 is 0 Å². The predicted octanol–water partition coefficient (Wildman–Crippen LogP) is 0.429. The van der Waals surface area contributed by atoms with Crippen molar-refractivity contribution in [3.05, 3.63) is 0 Å². The third kappa shape index (κ3) is 1.48. The molecule has 2 atom stereocenters. The largest absolute Gasteiger partial charge is 0.367 e. The van der Waals surface area contributed by atoms with E-state index in [1.807, 2.05) is 6.92 Å². The van der Waals surface area contributed by atoms with Crippen molar-refractivity contribution in [2.45, 2.75) is 38.4 Å². The fourth-order valence-electron chi connectivity index (χ4n) is 1.22. The summed E-state index contributed by atoms with van der Waals surface area (Å²) < 4.78 is 5.30. The van der Waals surface area contributed by atoms with Crippen LogP contribution in [0.4, 0.5) is 0 Å². The third-order valence-electron chi connectivity index (χ3n) is 1.88. The number of rotatable bonds is 2. The summed E-state index contributed by atoms with van der Waals surface area (Å²) in [5.74, 6) is -0.323. The maximum Gasteiger partial charge on any atom is 0.246 e. The molecule has 2 N–H and O–H groups in total. The van der Waals surface area contributed by atoms with Crippen LogP contribution in [0.3, 0.4) is 0 Å². The summed E-state index contributed by atoms with van der Waals surface area (Å²) in [6.45, 7) is 2.05. The van der Waals surface area contributed by atoms with Gasteiger partial charge in [0.2, 0.25) is 5.91 Å². The van der Waals surface area contributed by atoms with Gasteiger partial charge in [0.15, 0.2) is 0 Å². The van der Waals surface area contributed by atoms with E-state index in [-0.39, 0.29) is 18.1 Å². The molecule has 1 saturated heterocycles. The molecular formula is C7H13NO2. The Hall–Kier alpha value is -0.570. The van der Waals surface area contributed by atoms with Crippen LogP contribution in [0.1, 0.15) is 26.2 Å². The normalized spacial score (nSPS) is 32.5. The quantitative estimate of drug-likeness (QED) is 0.609. The van der Waals surface area contributed by atoms with Crippen LogP contribution in [-0.4, -0.2) is 18.1 Å². The van der Waals surface area contributed by atoms with Crippen molar-refractivity contribution in [2.75, 3.05) is 0 Å².